The van der Waals surface area contributed by atoms with Gasteiger partial charge in [0.1, 0.15) is 5.76 Å². The van der Waals surface area contributed by atoms with E-state index >= 15 is 0 Å². The van der Waals surface area contributed by atoms with Gasteiger partial charge in [0, 0.05) is 31.9 Å². The molecule has 0 aromatic carbocycles. The summed E-state index contributed by atoms with van der Waals surface area (Å²) in [4.78, 5) is 10.8. The Morgan fingerprint density at radius 3 is 3.05 bits per heavy atom. The van der Waals surface area contributed by atoms with Crippen molar-refractivity contribution in [2.24, 2.45) is 0 Å². The summed E-state index contributed by atoms with van der Waals surface area (Å²) in [7, 11) is 0. The SMILES string of the molecule is c1cnc(N[C@@H]2CO[C@@]3(CCN(Cc4ccco4)C3)C2)nc1. The molecule has 2 saturated heterocycles. The van der Waals surface area contributed by atoms with Crippen LogP contribution in [0.3, 0.4) is 0 Å². The van der Waals surface area contributed by atoms with Gasteiger partial charge in [-0.15, -0.1) is 0 Å². The molecule has 0 amide bonds. The lowest BCUT2D eigenvalue weighted by Crippen LogP contribution is -2.33. The number of hydrogen-bond acceptors (Lipinski definition) is 6. The summed E-state index contributed by atoms with van der Waals surface area (Å²) in [5.41, 5.74) is -0.0287. The van der Waals surface area contributed by atoms with Crippen LogP contribution in [0.1, 0.15) is 18.6 Å². The molecule has 4 heterocycles. The Bertz CT molecular complexity index is 604. The van der Waals surface area contributed by atoms with Crippen LogP contribution < -0.4 is 5.32 Å². The van der Waals surface area contributed by atoms with E-state index in [0.717, 1.165) is 38.2 Å². The standard InChI is InChI=1S/C16H20N4O2/c1-3-14(21-8-1)10-20-7-4-16(12-20)9-13(11-22-16)19-15-17-5-2-6-18-15/h1-3,5-6,8,13H,4,7,9-12H2,(H,17,18,19)/t13-,16-/m0/s1. The monoisotopic (exact) mass is 300 g/mol. The average molecular weight is 300 g/mol. The van der Waals surface area contributed by atoms with E-state index in [-0.39, 0.29) is 11.6 Å². The highest BCUT2D eigenvalue weighted by Gasteiger charge is 2.45. The lowest BCUT2D eigenvalue weighted by Gasteiger charge is -2.23. The Morgan fingerprint density at radius 1 is 1.32 bits per heavy atom. The minimum absolute atomic E-state index is 0.0287. The summed E-state index contributed by atoms with van der Waals surface area (Å²) >= 11 is 0. The second kappa shape index (κ2) is 5.70. The number of nitrogens with zero attached hydrogens (tertiary/aromatic N) is 3. The molecule has 2 aliphatic rings. The van der Waals surface area contributed by atoms with Crippen LogP contribution in [0.15, 0.2) is 41.3 Å². The predicted molar refractivity (Wildman–Crippen MR) is 81.3 cm³/mol. The Morgan fingerprint density at radius 2 is 2.23 bits per heavy atom. The molecule has 2 fully saturated rings. The van der Waals surface area contributed by atoms with Crippen LogP contribution >= 0.6 is 0 Å². The first-order valence-electron chi connectivity index (χ1n) is 7.74. The maximum absolute atomic E-state index is 6.15. The predicted octanol–water partition coefficient (Wildman–Crippen LogP) is 1.92. The number of aromatic nitrogens is 2. The number of furan rings is 1. The molecule has 2 aromatic rings. The number of rotatable bonds is 4. The highest BCUT2D eigenvalue weighted by molar-refractivity contribution is 5.25. The van der Waals surface area contributed by atoms with Crippen molar-refractivity contribution >= 4 is 5.95 Å². The van der Waals surface area contributed by atoms with E-state index in [1.54, 1.807) is 18.7 Å². The van der Waals surface area contributed by atoms with E-state index < -0.39 is 0 Å². The molecule has 0 aliphatic carbocycles. The molecule has 0 radical (unpaired) electrons. The van der Waals surface area contributed by atoms with Crippen LogP contribution in [0.2, 0.25) is 0 Å². The van der Waals surface area contributed by atoms with Gasteiger partial charge in [-0.25, -0.2) is 9.97 Å². The molecule has 4 rings (SSSR count). The largest absolute Gasteiger partial charge is 0.468 e. The Balaban J connectivity index is 1.34. The molecule has 1 N–H and O–H groups in total. The van der Waals surface area contributed by atoms with E-state index in [1.165, 1.54) is 0 Å². The van der Waals surface area contributed by atoms with Gasteiger partial charge in [-0.2, -0.15) is 0 Å². The molecule has 2 atom stereocenters. The van der Waals surface area contributed by atoms with Gasteiger partial charge in [-0.05, 0) is 24.6 Å². The van der Waals surface area contributed by atoms with E-state index in [9.17, 15) is 0 Å². The number of nitrogens with one attached hydrogen (secondary N) is 1. The van der Waals surface area contributed by atoms with Crippen LogP contribution in [0.5, 0.6) is 0 Å². The van der Waals surface area contributed by atoms with Gasteiger partial charge in [0.05, 0.1) is 31.1 Å². The number of anilines is 1. The quantitative estimate of drug-likeness (QED) is 0.930. The van der Waals surface area contributed by atoms with Gasteiger partial charge >= 0.3 is 0 Å². The van der Waals surface area contributed by atoms with E-state index in [1.807, 2.05) is 18.2 Å². The van der Waals surface area contributed by atoms with Crippen molar-refractivity contribution in [3.63, 3.8) is 0 Å². The van der Waals surface area contributed by atoms with Crippen LogP contribution in [-0.4, -0.2) is 46.2 Å². The summed E-state index contributed by atoms with van der Waals surface area (Å²) in [5, 5.41) is 3.37. The van der Waals surface area contributed by atoms with Crippen molar-refractivity contribution in [3.8, 4) is 0 Å². The fraction of sp³-hybridized carbons (Fsp3) is 0.500. The molecule has 2 aromatic heterocycles. The summed E-state index contributed by atoms with van der Waals surface area (Å²) in [6.45, 7) is 3.58. The zero-order valence-electron chi connectivity index (χ0n) is 12.4. The highest BCUT2D eigenvalue weighted by Crippen LogP contribution is 2.36. The first-order chi connectivity index (χ1) is 10.8. The second-order valence-corrected chi connectivity index (χ2v) is 6.15. The average Bonchev–Trinajstić information content (AvgIpc) is 3.25. The molecular weight excluding hydrogens is 280 g/mol. The number of likely N-dealkylation sites (tertiary alicyclic amines) is 1. The summed E-state index contributed by atoms with van der Waals surface area (Å²) in [6, 6.07) is 6.07. The van der Waals surface area contributed by atoms with Gasteiger partial charge in [0.25, 0.3) is 0 Å². The Hall–Kier alpha value is -1.92. The molecule has 0 saturated carbocycles. The molecule has 0 bridgehead atoms. The zero-order valence-corrected chi connectivity index (χ0v) is 12.4. The fourth-order valence-electron chi connectivity index (χ4n) is 3.46. The van der Waals surface area contributed by atoms with Crippen molar-refractivity contribution in [1.29, 1.82) is 0 Å². The van der Waals surface area contributed by atoms with E-state index in [0.29, 0.717) is 12.6 Å². The molecule has 1 spiro atoms. The molecule has 6 nitrogen and oxygen atoms in total. The van der Waals surface area contributed by atoms with Gasteiger partial charge in [-0.1, -0.05) is 0 Å². The summed E-state index contributed by atoms with van der Waals surface area (Å²) in [5.74, 6) is 1.70. The first-order valence-corrected chi connectivity index (χ1v) is 7.74. The topological polar surface area (TPSA) is 63.4 Å². The smallest absolute Gasteiger partial charge is 0.222 e. The number of hydrogen-bond donors (Lipinski definition) is 1. The molecule has 6 heteroatoms. The van der Waals surface area contributed by atoms with Crippen LogP contribution in [0.25, 0.3) is 0 Å². The molecular formula is C16H20N4O2. The molecule has 2 aliphatic heterocycles. The summed E-state index contributed by atoms with van der Waals surface area (Å²) < 4.78 is 11.6. The third-order valence-corrected chi connectivity index (χ3v) is 4.46. The lowest BCUT2D eigenvalue weighted by atomic mass is 9.97. The van der Waals surface area contributed by atoms with Gasteiger partial charge in [-0.3, -0.25) is 4.90 Å². The highest BCUT2D eigenvalue weighted by atomic mass is 16.5. The Labute approximate surface area is 129 Å². The Kier molecular flexibility index (Phi) is 3.56. The van der Waals surface area contributed by atoms with E-state index in [4.69, 9.17) is 9.15 Å². The molecule has 116 valence electrons. The maximum Gasteiger partial charge on any atom is 0.222 e. The zero-order chi connectivity index (χ0) is 14.8. The van der Waals surface area contributed by atoms with Gasteiger partial charge < -0.3 is 14.5 Å². The van der Waals surface area contributed by atoms with Crippen molar-refractivity contribution in [2.75, 3.05) is 25.0 Å². The van der Waals surface area contributed by atoms with E-state index in [2.05, 4.69) is 20.2 Å². The van der Waals surface area contributed by atoms with Crippen LogP contribution in [0, 0.1) is 0 Å². The number of ether oxygens (including phenoxy) is 1. The third-order valence-electron chi connectivity index (χ3n) is 4.46. The maximum atomic E-state index is 6.15. The van der Waals surface area contributed by atoms with Crippen LogP contribution in [0.4, 0.5) is 5.95 Å². The minimum Gasteiger partial charge on any atom is -0.468 e. The van der Waals surface area contributed by atoms with Gasteiger partial charge in [0.2, 0.25) is 5.95 Å². The van der Waals surface area contributed by atoms with Gasteiger partial charge in [0.15, 0.2) is 0 Å². The fourth-order valence-corrected chi connectivity index (χ4v) is 3.46. The normalized spacial score (nSPS) is 28.5. The summed E-state index contributed by atoms with van der Waals surface area (Å²) in [6.07, 6.45) is 7.30. The van der Waals surface area contributed by atoms with Crippen LogP contribution in [-0.2, 0) is 11.3 Å². The minimum atomic E-state index is -0.0287. The molecule has 22 heavy (non-hydrogen) atoms. The first kappa shape index (κ1) is 13.7. The van der Waals surface area contributed by atoms with Crippen molar-refractivity contribution in [2.45, 2.75) is 31.0 Å². The second-order valence-electron chi connectivity index (χ2n) is 6.15. The van der Waals surface area contributed by atoms with Crippen molar-refractivity contribution in [3.05, 3.63) is 42.6 Å². The third kappa shape index (κ3) is 2.84. The van der Waals surface area contributed by atoms with Crippen molar-refractivity contribution in [1.82, 2.24) is 14.9 Å². The van der Waals surface area contributed by atoms with Crippen molar-refractivity contribution < 1.29 is 9.15 Å². The molecule has 0 unspecified atom stereocenters. The lowest BCUT2D eigenvalue weighted by molar-refractivity contribution is 0.0115.